The smallest absolute Gasteiger partial charge is 0.245 e. The van der Waals surface area contributed by atoms with E-state index in [4.69, 9.17) is 0 Å². The zero-order valence-corrected chi connectivity index (χ0v) is 34.0. The lowest BCUT2D eigenvalue weighted by atomic mass is 9.84. The van der Waals surface area contributed by atoms with Crippen LogP contribution in [0.2, 0.25) is 0 Å². The average molecular weight is 811 g/mol. The van der Waals surface area contributed by atoms with Crippen molar-refractivity contribution < 1.29 is 33.6 Å². The number of benzene rings is 2. The van der Waals surface area contributed by atoms with Crippen molar-refractivity contribution in [3.63, 3.8) is 0 Å². The van der Waals surface area contributed by atoms with Crippen molar-refractivity contribution >= 4 is 52.3 Å². The van der Waals surface area contributed by atoms with Crippen LogP contribution in [0.1, 0.15) is 89.2 Å². The van der Waals surface area contributed by atoms with Crippen LogP contribution >= 0.6 is 0 Å². The third kappa shape index (κ3) is 11.5. The number of H-pyrrole nitrogens is 1. The number of rotatable bonds is 9. The molecule has 59 heavy (non-hydrogen) atoms. The number of nitrogens with one attached hydrogen (secondary N) is 7. The predicted octanol–water partition coefficient (Wildman–Crippen LogP) is 2.29. The van der Waals surface area contributed by atoms with E-state index in [9.17, 15) is 33.6 Å². The fourth-order valence-electron chi connectivity index (χ4n) is 8.65. The van der Waals surface area contributed by atoms with Crippen LogP contribution in [0.25, 0.3) is 10.9 Å². The summed E-state index contributed by atoms with van der Waals surface area (Å²) >= 11 is 0. The fourth-order valence-corrected chi connectivity index (χ4v) is 8.65. The Bertz CT molecular complexity index is 1980. The summed E-state index contributed by atoms with van der Waals surface area (Å²) in [5.41, 5.74) is 2.49. The Morgan fingerprint density at radius 2 is 1.49 bits per heavy atom. The SMILES string of the molecule is CC(=O)N[C@@H](Cc1ccccc1)C(=O)N[C@H]1CCCNC(=O)[C@H](C)NC(=O)[C@H](Cc2c[nH]c3ccccc23)NC(=O)[C@@H](CC2CCCCC2)NC(=O)[C@@H]2CCCN2C1=O. The lowest BCUT2D eigenvalue weighted by Gasteiger charge is -2.32. The van der Waals surface area contributed by atoms with Crippen LogP contribution in [0.15, 0.2) is 60.8 Å². The molecule has 0 spiro atoms. The number of carbonyl (C=O) groups excluding carboxylic acids is 7. The van der Waals surface area contributed by atoms with Gasteiger partial charge < -0.3 is 41.8 Å². The maximum Gasteiger partial charge on any atom is 0.245 e. The van der Waals surface area contributed by atoms with Gasteiger partial charge in [-0.3, -0.25) is 33.6 Å². The van der Waals surface area contributed by atoms with Gasteiger partial charge in [-0.25, -0.2) is 0 Å². The summed E-state index contributed by atoms with van der Waals surface area (Å²) in [6, 6.07) is 10.9. The van der Waals surface area contributed by atoms with E-state index < -0.39 is 77.6 Å². The van der Waals surface area contributed by atoms with E-state index in [0.29, 0.717) is 19.3 Å². The molecule has 2 aliphatic heterocycles. The van der Waals surface area contributed by atoms with E-state index in [1.807, 2.05) is 54.6 Å². The van der Waals surface area contributed by atoms with Crippen molar-refractivity contribution in [3.05, 3.63) is 71.9 Å². The van der Waals surface area contributed by atoms with Gasteiger partial charge in [0, 0.05) is 50.0 Å². The first-order chi connectivity index (χ1) is 28.5. The van der Waals surface area contributed by atoms with Gasteiger partial charge in [0.25, 0.3) is 0 Å². The molecule has 15 nitrogen and oxygen atoms in total. The van der Waals surface area contributed by atoms with E-state index in [0.717, 1.165) is 54.1 Å². The Kier molecular flexibility index (Phi) is 14.7. The molecule has 3 heterocycles. The van der Waals surface area contributed by atoms with E-state index in [2.05, 4.69) is 36.9 Å². The molecule has 7 amide bonds. The molecule has 15 heteroatoms. The second-order valence-electron chi connectivity index (χ2n) is 16.3. The highest BCUT2D eigenvalue weighted by molar-refractivity contribution is 5.97. The third-order valence-electron chi connectivity index (χ3n) is 11.8. The highest BCUT2D eigenvalue weighted by atomic mass is 16.2. The van der Waals surface area contributed by atoms with Gasteiger partial charge in [-0.05, 0) is 62.1 Å². The van der Waals surface area contributed by atoms with E-state index in [1.165, 1.54) is 11.8 Å². The second-order valence-corrected chi connectivity index (χ2v) is 16.3. The number of hydrogen-bond donors (Lipinski definition) is 7. The lowest BCUT2D eigenvalue weighted by Crippen LogP contribution is -2.60. The summed E-state index contributed by atoms with van der Waals surface area (Å²) in [5.74, 6) is -3.26. The summed E-state index contributed by atoms with van der Waals surface area (Å²) in [5, 5.41) is 18.0. The van der Waals surface area contributed by atoms with Crippen LogP contribution in [0.5, 0.6) is 0 Å². The summed E-state index contributed by atoms with van der Waals surface area (Å²) in [6.45, 7) is 3.26. The van der Waals surface area contributed by atoms with Crippen LogP contribution in [0, 0.1) is 5.92 Å². The number of hydrogen-bond acceptors (Lipinski definition) is 7. The number of aromatic nitrogens is 1. The molecular formula is C44H58N8O7. The minimum atomic E-state index is -1.08. The van der Waals surface area contributed by atoms with Crippen LogP contribution < -0.4 is 31.9 Å². The zero-order chi connectivity index (χ0) is 41.9. The van der Waals surface area contributed by atoms with Gasteiger partial charge >= 0.3 is 0 Å². The summed E-state index contributed by atoms with van der Waals surface area (Å²) in [6.07, 6.45) is 8.73. The Balaban J connectivity index is 1.27. The Morgan fingerprint density at radius 3 is 2.25 bits per heavy atom. The van der Waals surface area contributed by atoms with Gasteiger partial charge in [0.1, 0.15) is 36.3 Å². The van der Waals surface area contributed by atoms with Crippen molar-refractivity contribution in [1.82, 2.24) is 41.8 Å². The van der Waals surface area contributed by atoms with Gasteiger partial charge in [0.15, 0.2) is 0 Å². The molecule has 6 rings (SSSR count). The van der Waals surface area contributed by atoms with Gasteiger partial charge in [0.05, 0.1) is 0 Å². The molecule has 0 unspecified atom stereocenters. The first-order valence-electron chi connectivity index (χ1n) is 21.1. The molecule has 7 N–H and O–H groups in total. The molecule has 316 valence electrons. The standard InChI is InChI=1S/C44H58N8O7/c1-27-39(54)45-21-11-19-34(49-41(56)35(48-28(2)53)23-29-13-5-3-6-14-29)44(59)52-22-12-20-38(52)43(58)51-36(24-30-15-7-4-8-16-30)42(57)50-37(40(55)47-27)25-31-26-46-33-18-10-9-17-32(31)33/h3,5-6,9-10,13-14,17-18,26-27,30,34-38,46H,4,7-8,11-12,15-16,19-25H2,1-2H3,(H,45,54)(H,47,55)(H,48,53)(H,49,56)(H,50,57)(H,51,58)/t27-,34-,35-,36+,37-,38-/m0/s1. The molecule has 6 atom stereocenters. The predicted molar refractivity (Wildman–Crippen MR) is 221 cm³/mol. The number of aromatic amines is 1. The highest BCUT2D eigenvalue weighted by Gasteiger charge is 2.40. The Labute approximate surface area is 344 Å². The molecule has 0 bridgehead atoms. The summed E-state index contributed by atoms with van der Waals surface area (Å²) in [4.78, 5) is 101. The molecule has 0 radical (unpaired) electrons. The van der Waals surface area contributed by atoms with Crippen LogP contribution in [0.4, 0.5) is 0 Å². The normalized spacial score (nSPS) is 24.7. The van der Waals surface area contributed by atoms with E-state index in [1.54, 1.807) is 13.1 Å². The number of amides is 7. The van der Waals surface area contributed by atoms with E-state index >= 15 is 0 Å². The van der Waals surface area contributed by atoms with E-state index in [-0.39, 0.29) is 44.7 Å². The molecule has 2 saturated heterocycles. The Hall–Kier alpha value is -5.73. The zero-order valence-electron chi connectivity index (χ0n) is 34.0. The molecule has 1 aromatic heterocycles. The topological polar surface area (TPSA) is 211 Å². The van der Waals surface area contributed by atoms with Crippen molar-refractivity contribution in [3.8, 4) is 0 Å². The highest BCUT2D eigenvalue weighted by Crippen LogP contribution is 2.28. The minimum absolute atomic E-state index is 0.119. The molecule has 1 saturated carbocycles. The fraction of sp³-hybridized carbons (Fsp3) is 0.523. The number of fused-ring (bicyclic) bond motifs is 2. The number of para-hydroxylation sites is 1. The van der Waals surface area contributed by atoms with Crippen molar-refractivity contribution in [2.45, 2.75) is 127 Å². The van der Waals surface area contributed by atoms with Gasteiger partial charge in [-0.2, -0.15) is 0 Å². The average Bonchev–Trinajstić information content (AvgIpc) is 3.89. The van der Waals surface area contributed by atoms with Crippen molar-refractivity contribution in [1.29, 1.82) is 0 Å². The van der Waals surface area contributed by atoms with Crippen molar-refractivity contribution in [2.75, 3.05) is 13.1 Å². The molecule has 3 fully saturated rings. The molecular weight excluding hydrogens is 753 g/mol. The monoisotopic (exact) mass is 810 g/mol. The first-order valence-corrected chi connectivity index (χ1v) is 21.1. The minimum Gasteiger partial charge on any atom is -0.361 e. The number of carbonyl (C=O) groups is 7. The quantitative estimate of drug-likeness (QED) is 0.171. The van der Waals surface area contributed by atoms with Crippen LogP contribution in [-0.2, 0) is 46.4 Å². The van der Waals surface area contributed by atoms with Crippen LogP contribution in [0.3, 0.4) is 0 Å². The van der Waals surface area contributed by atoms with Gasteiger partial charge in [-0.15, -0.1) is 0 Å². The Morgan fingerprint density at radius 1 is 0.780 bits per heavy atom. The molecule has 1 aliphatic carbocycles. The largest absolute Gasteiger partial charge is 0.361 e. The van der Waals surface area contributed by atoms with Gasteiger partial charge in [-0.1, -0.05) is 80.6 Å². The molecule has 3 aliphatic rings. The molecule has 3 aromatic rings. The number of nitrogens with zero attached hydrogens (tertiary/aromatic N) is 1. The second kappa shape index (κ2) is 20.3. The lowest BCUT2D eigenvalue weighted by molar-refractivity contribution is -0.142. The maximum absolute atomic E-state index is 14.4. The maximum atomic E-state index is 14.4. The molecule has 2 aromatic carbocycles. The van der Waals surface area contributed by atoms with Crippen molar-refractivity contribution in [2.24, 2.45) is 5.92 Å². The third-order valence-corrected chi connectivity index (χ3v) is 11.8. The summed E-state index contributed by atoms with van der Waals surface area (Å²) < 4.78 is 0. The first kappa shape index (κ1) is 42.9. The summed E-state index contributed by atoms with van der Waals surface area (Å²) in [7, 11) is 0. The van der Waals surface area contributed by atoms with Crippen LogP contribution in [-0.4, -0.2) is 101 Å². The van der Waals surface area contributed by atoms with Gasteiger partial charge in [0.2, 0.25) is 41.4 Å².